The lowest BCUT2D eigenvalue weighted by atomic mass is 10.1. The predicted octanol–water partition coefficient (Wildman–Crippen LogP) is 3.45. The minimum absolute atomic E-state index is 0.0339. The maximum Gasteiger partial charge on any atom is 0.259 e. The number of hydrogen-bond donors (Lipinski definition) is 2. The molecule has 170 valence electrons. The first-order valence-electron chi connectivity index (χ1n) is 10.8. The number of nitrogens with one attached hydrogen (secondary N) is 2. The average molecular weight is 458 g/mol. The van der Waals surface area contributed by atoms with Crippen LogP contribution in [0.2, 0.25) is 0 Å². The fourth-order valence-electron chi connectivity index (χ4n) is 4.13. The molecule has 2 N–H and O–H groups in total. The van der Waals surface area contributed by atoms with Crippen molar-refractivity contribution in [2.75, 3.05) is 31.5 Å². The van der Waals surface area contributed by atoms with Crippen molar-refractivity contribution in [1.82, 2.24) is 19.8 Å². The van der Waals surface area contributed by atoms with Crippen LogP contribution in [0.4, 0.5) is 10.1 Å². The molecule has 0 saturated carbocycles. The van der Waals surface area contributed by atoms with Crippen molar-refractivity contribution in [2.45, 2.75) is 39.8 Å². The van der Waals surface area contributed by atoms with E-state index in [-0.39, 0.29) is 29.4 Å². The Balaban J connectivity index is 1.39. The van der Waals surface area contributed by atoms with Gasteiger partial charge in [-0.15, -0.1) is 11.3 Å². The number of anilines is 1. The number of amides is 1. The van der Waals surface area contributed by atoms with Crippen molar-refractivity contribution >= 4 is 33.1 Å². The summed E-state index contributed by atoms with van der Waals surface area (Å²) in [7, 11) is 0. The minimum Gasteiger partial charge on any atom is -0.325 e. The molecule has 32 heavy (non-hydrogen) atoms. The lowest BCUT2D eigenvalue weighted by Crippen LogP contribution is -2.53. The second kappa shape index (κ2) is 9.09. The number of carbonyl (C=O) groups excluding carboxylic acids is 1. The first-order valence-corrected chi connectivity index (χ1v) is 11.6. The highest BCUT2D eigenvalue weighted by atomic mass is 32.1. The summed E-state index contributed by atoms with van der Waals surface area (Å²) < 4.78 is 13.4. The van der Waals surface area contributed by atoms with E-state index in [0.29, 0.717) is 30.0 Å². The second-order valence-electron chi connectivity index (χ2n) is 8.34. The Labute approximate surface area is 190 Å². The van der Waals surface area contributed by atoms with Crippen LogP contribution in [0.1, 0.15) is 36.2 Å². The molecule has 1 fully saturated rings. The molecule has 1 aromatic carbocycles. The van der Waals surface area contributed by atoms with E-state index >= 15 is 0 Å². The number of hydrogen-bond acceptors (Lipinski definition) is 6. The smallest absolute Gasteiger partial charge is 0.259 e. The zero-order valence-electron chi connectivity index (χ0n) is 18.7. The fourth-order valence-corrected chi connectivity index (χ4v) is 5.17. The van der Waals surface area contributed by atoms with Crippen LogP contribution < -0.4 is 10.9 Å². The summed E-state index contributed by atoms with van der Waals surface area (Å²) in [6.45, 7) is 10.8. The van der Waals surface area contributed by atoms with Gasteiger partial charge in [-0.2, -0.15) is 0 Å². The summed E-state index contributed by atoms with van der Waals surface area (Å²) in [5.74, 6) is 0.141. The summed E-state index contributed by atoms with van der Waals surface area (Å²) in [4.78, 5) is 39.2. The topological polar surface area (TPSA) is 81.3 Å². The van der Waals surface area contributed by atoms with Gasteiger partial charge in [0, 0.05) is 36.7 Å². The number of piperazine rings is 1. The molecule has 0 radical (unpaired) electrons. The van der Waals surface area contributed by atoms with Gasteiger partial charge in [0.05, 0.1) is 17.5 Å². The van der Waals surface area contributed by atoms with Crippen LogP contribution >= 0.6 is 11.3 Å². The van der Waals surface area contributed by atoms with E-state index in [1.807, 2.05) is 27.7 Å². The molecule has 3 heterocycles. The largest absolute Gasteiger partial charge is 0.325 e. The van der Waals surface area contributed by atoms with Gasteiger partial charge in [-0.1, -0.05) is 6.07 Å². The van der Waals surface area contributed by atoms with Crippen LogP contribution in [0.25, 0.3) is 10.2 Å². The third-order valence-electron chi connectivity index (χ3n) is 6.37. The molecule has 0 bridgehead atoms. The van der Waals surface area contributed by atoms with E-state index in [2.05, 4.69) is 20.1 Å². The predicted molar refractivity (Wildman–Crippen MR) is 126 cm³/mol. The first-order chi connectivity index (χ1) is 15.2. The quantitative estimate of drug-likeness (QED) is 0.613. The summed E-state index contributed by atoms with van der Waals surface area (Å²) in [6.07, 6.45) is 0. The molecule has 0 aliphatic carbocycles. The highest BCUT2D eigenvalue weighted by Crippen LogP contribution is 2.27. The molecule has 3 aromatic rings. The summed E-state index contributed by atoms with van der Waals surface area (Å²) >= 11 is 1.55. The summed E-state index contributed by atoms with van der Waals surface area (Å²) in [5, 5.41) is 3.47. The molecule has 0 spiro atoms. The lowest BCUT2D eigenvalue weighted by molar-refractivity contribution is -0.121. The highest BCUT2D eigenvalue weighted by Gasteiger charge is 2.29. The SMILES string of the molecule is Cc1sc2nc(C(C)N3CCN(C(C)C(=O)Nc4cccc(F)c4)CC3)[nH]c(=O)c2c1C. The molecule has 1 aliphatic heterocycles. The van der Waals surface area contributed by atoms with E-state index in [1.165, 1.54) is 12.1 Å². The molecular formula is C23H28FN5O2S. The molecular weight excluding hydrogens is 429 g/mol. The maximum atomic E-state index is 13.4. The number of aromatic nitrogens is 2. The summed E-state index contributed by atoms with van der Waals surface area (Å²) in [6, 6.07) is 5.54. The van der Waals surface area contributed by atoms with Gasteiger partial charge >= 0.3 is 0 Å². The van der Waals surface area contributed by atoms with Crippen LogP contribution in [-0.4, -0.2) is 57.9 Å². The molecule has 2 unspecified atom stereocenters. The van der Waals surface area contributed by atoms with Gasteiger partial charge in [0.15, 0.2) is 0 Å². The molecule has 1 saturated heterocycles. The number of thiophene rings is 1. The normalized spacial score (nSPS) is 17.4. The Morgan fingerprint density at radius 1 is 1.19 bits per heavy atom. The maximum absolute atomic E-state index is 13.4. The standard InChI is InChI=1S/C23H28FN5O2S/c1-13-16(4)32-23-19(13)22(31)26-20(27-23)14(2)28-8-10-29(11-9-28)15(3)21(30)25-18-7-5-6-17(24)12-18/h5-7,12,14-15H,8-11H2,1-4H3,(H,25,30)(H,26,27,31). The van der Waals surface area contributed by atoms with Crippen LogP contribution in [0.5, 0.6) is 0 Å². The lowest BCUT2D eigenvalue weighted by Gasteiger charge is -2.39. The molecule has 1 aliphatic rings. The van der Waals surface area contributed by atoms with E-state index in [0.717, 1.165) is 28.4 Å². The van der Waals surface area contributed by atoms with Gasteiger partial charge in [0.25, 0.3) is 5.56 Å². The van der Waals surface area contributed by atoms with Gasteiger partial charge < -0.3 is 10.3 Å². The van der Waals surface area contributed by atoms with Gasteiger partial charge in [-0.3, -0.25) is 19.4 Å². The first kappa shape index (κ1) is 22.6. The van der Waals surface area contributed by atoms with E-state index < -0.39 is 0 Å². The number of aryl methyl sites for hydroxylation is 2. The van der Waals surface area contributed by atoms with Crippen molar-refractivity contribution in [3.63, 3.8) is 0 Å². The van der Waals surface area contributed by atoms with Crippen molar-refractivity contribution in [1.29, 1.82) is 0 Å². The number of aromatic amines is 1. The number of fused-ring (bicyclic) bond motifs is 1. The number of nitrogens with zero attached hydrogens (tertiary/aromatic N) is 3. The molecule has 2 atom stereocenters. The molecule has 9 heteroatoms. The number of carbonyl (C=O) groups is 1. The minimum atomic E-state index is -0.379. The van der Waals surface area contributed by atoms with E-state index in [1.54, 1.807) is 23.5 Å². The molecule has 7 nitrogen and oxygen atoms in total. The molecule has 4 rings (SSSR count). The monoisotopic (exact) mass is 457 g/mol. The van der Waals surface area contributed by atoms with Crippen molar-refractivity contribution in [3.8, 4) is 0 Å². The Morgan fingerprint density at radius 3 is 2.56 bits per heavy atom. The number of rotatable bonds is 5. The van der Waals surface area contributed by atoms with Crippen LogP contribution in [-0.2, 0) is 4.79 Å². The summed E-state index contributed by atoms with van der Waals surface area (Å²) in [5.41, 5.74) is 1.37. The van der Waals surface area contributed by atoms with Crippen molar-refractivity contribution in [3.05, 3.63) is 56.7 Å². The van der Waals surface area contributed by atoms with Gasteiger partial charge in [0.1, 0.15) is 16.5 Å². The van der Waals surface area contributed by atoms with Gasteiger partial charge in [0.2, 0.25) is 5.91 Å². The fraction of sp³-hybridized carbons (Fsp3) is 0.435. The van der Waals surface area contributed by atoms with Crippen LogP contribution in [0.3, 0.4) is 0 Å². The van der Waals surface area contributed by atoms with Crippen molar-refractivity contribution in [2.24, 2.45) is 0 Å². The van der Waals surface area contributed by atoms with Gasteiger partial charge in [-0.05, 0) is 51.5 Å². The average Bonchev–Trinajstić information content (AvgIpc) is 3.06. The van der Waals surface area contributed by atoms with Crippen molar-refractivity contribution < 1.29 is 9.18 Å². The third kappa shape index (κ3) is 4.46. The Hall–Kier alpha value is -2.62. The van der Waals surface area contributed by atoms with Crippen LogP contribution in [0, 0.1) is 19.7 Å². The number of H-pyrrole nitrogens is 1. The van der Waals surface area contributed by atoms with Gasteiger partial charge in [-0.25, -0.2) is 9.37 Å². The highest BCUT2D eigenvalue weighted by molar-refractivity contribution is 7.18. The third-order valence-corrected chi connectivity index (χ3v) is 7.47. The number of halogens is 1. The van der Waals surface area contributed by atoms with E-state index in [9.17, 15) is 14.0 Å². The second-order valence-corrected chi connectivity index (χ2v) is 9.54. The molecule has 2 aromatic heterocycles. The Morgan fingerprint density at radius 2 is 1.88 bits per heavy atom. The Kier molecular flexibility index (Phi) is 6.41. The zero-order valence-corrected chi connectivity index (χ0v) is 19.6. The zero-order chi connectivity index (χ0) is 23.0. The van der Waals surface area contributed by atoms with E-state index in [4.69, 9.17) is 4.98 Å². The number of benzene rings is 1. The molecule has 1 amide bonds. The Bertz CT molecular complexity index is 1200. The van der Waals surface area contributed by atoms with Crippen LogP contribution in [0.15, 0.2) is 29.1 Å².